The van der Waals surface area contributed by atoms with E-state index >= 15 is 0 Å². The molecule has 1 atom stereocenters. The Morgan fingerprint density at radius 1 is 1.21 bits per heavy atom. The summed E-state index contributed by atoms with van der Waals surface area (Å²) in [5, 5.41) is 15.3. The fourth-order valence-electron chi connectivity index (χ4n) is 5.76. The standard InChI is InChI=1S/C30H40N6O2/c1-18(2)20(4)31-15-21-11-24(34-26-25(21)38-16-29(26,5)6)27(37)33-23-10-8-9-22(12-23)30(13-19(3)14-30)28-35-32-17-36(28)7/h8-12,17-20,31H,13-16H2,1-7H3,(H,33,37)/t19?,20-,30?/m0/s1. The smallest absolute Gasteiger partial charge is 0.274 e. The van der Waals surface area contributed by atoms with Crippen LogP contribution in [0.1, 0.15) is 87.5 Å². The van der Waals surface area contributed by atoms with E-state index in [1.165, 1.54) is 0 Å². The zero-order valence-corrected chi connectivity index (χ0v) is 23.6. The van der Waals surface area contributed by atoms with Gasteiger partial charge in [0.05, 0.1) is 17.7 Å². The summed E-state index contributed by atoms with van der Waals surface area (Å²) >= 11 is 0. The summed E-state index contributed by atoms with van der Waals surface area (Å²) in [5.74, 6) is 2.66. The summed E-state index contributed by atoms with van der Waals surface area (Å²) in [6.07, 6.45) is 3.76. The third-order valence-electron chi connectivity index (χ3n) is 8.32. The maximum atomic E-state index is 13.5. The molecule has 2 aliphatic rings. The number of anilines is 1. The number of benzene rings is 1. The van der Waals surface area contributed by atoms with Crippen LogP contribution >= 0.6 is 0 Å². The number of hydrogen-bond donors (Lipinski definition) is 2. The Bertz CT molecular complexity index is 1340. The van der Waals surface area contributed by atoms with Crippen molar-refractivity contribution in [3.8, 4) is 5.75 Å². The highest BCUT2D eigenvalue weighted by molar-refractivity contribution is 6.03. The van der Waals surface area contributed by atoms with Gasteiger partial charge in [-0.2, -0.15) is 0 Å². The summed E-state index contributed by atoms with van der Waals surface area (Å²) in [5.41, 5.74) is 3.67. The van der Waals surface area contributed by atoms with Crippen molar-refractivity contribution in [2.75, 3.05) is 11.9 Å². The van der Waals surface area contributed by atoms with Crippen LogP contribution in [0.5, 0.6) is 5.75 Å². The van der Waals surface area contributed by atoms with Crippen molar-refractivity contribution in [3.05, 3.63) is 65.0 Å². The molecule has 2 aromatic heterocycles. The summed E-state index contributed by atoms with van der Waals surface area (Å²) in [6.45, 7) is 14.2. The summed E-state index contributed by atoms with van der Waals surface area (Å²) < 4.78 is 8.07. The van der Waals surface area contributed by atoms with Gasteiger partial charge in [-0.25, -0.2) is 4.98 Å². The molecule has 0 spiro atoms. The molecule has 1 saturated carbocycles. The molecular formula is C30H40N6O2. The topological polar surface area (TPSA) is 94.0 Å². The molecule has 1 aliphatic carbocycles. The number of carbonyl (C=O) groups is 1. The number of nitrogens with one attached hydrogen (secondary N) is 2. The third kappa shape index (κ3) is 4.70. The van der Waals surface area contributed by atoms with Crippen LogP contribution in [0.15, 0.2) is 36.7 Å². The predicted octanol–water partition coefficient (Wildman–Crippen LogP) is 4.98. The molecule has 1 amide bonds. The van der Waals surface area contributed by atoms with Gasteiger partial charge in [0.15, 0.2) is 0 Å². The van der Waals surface area contributed by atoms with Gasteiger partial charge in [0.25, 0.3) is 5.91 Å². The number of carbonyl (C=O) groups excluding carboxylic acids is 1. The number of rotatable bonds is 8. The van der Waals surface area contributed by atoms with E-state index < -0.39 is 0 Å². The van der Waals surface area contributed by atoms with Gasteiger partial charge in [-0.15, -0.1) is 10.2 Å². The number of hydrogen-bond acceptors (Lipinski definition) is 6. The Kier molecular flexibility index (Phi) is 6.80. The summed E-state index contributed by atoms with van der Waals surface area (Å²) in [6, 6.07) is 10.3. The van der Waals surface area contributed by atoms with Crippen molar-refractivity contribution < 1.29 is 9.53 Å². The number of ether oxygens (including phenoxy) is 1. The highest BCUT2D eigenvalue weighted by Crippen LogP contribution is 2.51. The van der Waals surface area contributed by atoms with Gasteiger partial charge in [0.2, 0.25) is 0 Å². The average molecular weight is 517 g/mol. The van der Waals surface area contributed by atoms with E-state index in [4.69, 9.17) is 9.72 Å². The van der Waals surface area contributed by atoms with E-state index in [9.17, 15) is 4.79 Å². The van der Waals surface area contributed by atoms with Gasteiger partial charge in [0, 0.05) is 36.3 Å². The van der Waals surface area contributed by atoms with E-state index in [0.717, 1.165) is 46.9 Å². The van der Waals surface area contributed by atoms with Gasteiger partial charge in [-0.1, -0.05) is 46.8 Å². The van der Waals surface area contributed by atoms with Crippen molar-refractivity contribution in [2.24, 2.45) is 18.9 Å². The van der Waals surface area contributed by atoms with Gasteiger partial charge in [0.1, 0.15) is 23.6 Å². The number of amides is 1. The van der Waals surface area contributed by atoms with Crippen molar-refractivity contribution in [2.45, 2.75) is 77.8 Å². The number of pyridine rings is 1. The molecule has 0 saturated heterocycles. The highest BCUT2D eigenvalue weighted by atomic mass is 16.5. The van der Waals surface area contributed by atoms with Crippen LogP contribution < -0.4 is 15.4 Å². The van der Waals surface area contributed by atoms with Gasteiger partial charge < -0.3 is 19.9 Å². The molecule has 3 heterocycles. The fraction of sp³-hybridized carbons (Fsp3) is 0.533. The second kappa shape index (κ2) is 9.80. The predicted molar refractivity (Wildman–Crippen MR) is 148 cm³/mol. The van der Waals surface area contributed by atoms with Crippen LogP contribution in [-0.4, -0.2) is 38.3 Å². The zero-order valence-electron chi connectivity index (χ0n) is 23.6. The molecule has 1 aliphatic heterocycles. The van der Waals surface area contributed by atoms with E-state index in [1.54, 1.807) is 6.33 Å². The first-order valence-corrected chi connectivity index (χ1v) is 13.7. The Balaban J connectivity index is 1.43. The molecule has 38 heavy (non-hydrogen) atoms. The van der Waals surface area contributed by atoms with Gasteiger partial charge in [-0.05, 0) is 55.4 Å². The van der Waals surface area contributed by atoms with Crippen LogP contribution in [0.25, 0.3) is 0 Å². The minimum absolute atomic E-state index is 0.190. The minimum Gasteiger partial charge on any atom is -0.490 e. The largest absolute Gasteiger partial charge is 0.490 e. The van der Waals surface area contributed by atoms with E-state index in [2.05, 4.69) is 74.5 Å². The maximum Gasteiger partial charge on any atom is 0.274 e. The number of nitrogens with zero attached hydrogens (tertiary/aromatic N) is 4. The van der Waals surface area contributed by atoms with Crippen molar-refractivity contribution in [3.63, 3.8) is 0 Å². The molecular weight excluding hydrogens is 476 g/mol. The molecule has 202 valence electrons. The lowest BCUT2D eigenvalue weighted by Gasteiger charge is -2.46. The van der Waals surface area contributed by atoms with Crippen LogP contribution in [0.4, 0.5) is 5.69 Å². The van der Waals surface area contributed by atoms with Gasteiger partial charge in [-0.3, -0.25) is 4.79 Å². The second-order valence-corrected chi connectivity index (χ2v) is 12.3. The lowest BCUT2D eigenvalue weighted by Crippen LogP contribution is -2.43. The zero-order chi connectivity index (χ0) is 27.2. The van der Waals surface area contributed by atoms with E-state index in [1.807, 2.05) is 29.8 Å². The normalized spacial score (nSPS) is 22.5. The molecule has 5 rings (SSSR count). The molecule has 2 N–H and O–H groups in total. The first-order chi connectivity index (χ1) is 18.0. The van der Waals surface area contributed by atoms with Crippen molar-refractivity contribution in [1.29, 1.82) is 0 Å². The van der Waals surface area contributed by atoms with Gasteiger partial charge >= 0.3 is 0 Å². The lowest BCUT2D eigenvalue weighted by atomic mass is 9.58. The molecule has 8 heteroatoms. The molecule has 0 bridgehead atoms. The maximum absolute atomic E-state index is 13.5. The van der Waals surface area contributed by atoms with E-state index in [-0.39, 0.29) is 16.7 Å². The van der Waals surface area contributed by atoms with Crippen LogP contribution in [-0.2, 0) is 24.4 Å². The molecule has 1 fully saturated rings. The van der Waals surface area contributed by atoms with Crippen LogP contribution in [0, 0.1) is 11.8 Å². The average Bonchev–Trinajstić information content (AvgIpc) is 3.42. The second-order valence-electron chi connectivity index (χ2n) is 12.3. The lowest BCUT2D eigenvalue weighted by molar-refractivity contribution is 0.102. The van der Waals surface area contributed by atoms with E-state index in [0.29, 0.717) is 36.7 Å². The minimum atomic E-state index is -0.257. The molecule has 8 nitrogen and oxygen atoms in total. The number of fused-ring (bicyclic) bond motifs is 1. The Hall–Kier alpha value is -3.26. The molecule has 1 aromatic carbocycles. The Morgan fingerprint density at radius 2 is 1.97 bits per heavy atom. The van der Waals surface area contributed by atoms with Crippen LogP contribution in [0.2, 0.25) is 0 Å². The fourth-order valence-corrected chi connectivity index (χ4v) is 5.76. The summed E-state index contributed by atoms with van der Waals surface area (Å²) in [7, 11) is 1.99. The Labute approximate surface area is 225 Å². The summed E-state index contributed by atoms with van der Waals surface area (Å²) in [4.78, 5) is 18.3. The highest BCUT2D eigenvalue weighted by Gasteiger charge is 2.48. The first kappa shape index (κ1) is 26.4. The first-order valence-electron chi connectivity index (χ1n) is 13.7. The molecule has 0 radical (unpaired) electrons. The third-order valence-corrected chi connectivity index (χ3v) is 8.32. The monoisotopic (exact) mass is 516 g/mol. The van der Waals surface area contributed by atoms with Crippen molar-refractivity contribution in [1.82, 2.24) is 25.1 Å². The molecule has 0 unspecified atom stereocenters. The quantitative estimate of drug-likeness (QED) is 0.438. The number of aryl methyl sites for hydroxylation is 1. The molecule has 3 aromatic rings. The van der Waals surface area contributed by atoms with Crippen LogP contribution in [0.3, 0.4) is 0 Å². The SMILES string of the molecule is CC1CC(c2cccc(NC(=O)c3cc(CN[C@@H](C)C(C)C)c4c(n3)C(C)(C)CO4)c2)(c2nncn2C)C1. The number of aromatic nitrogens is 4. The van der Waals surface area contributed by atoms with Crippen molar-refractivity contribution >= 4 is 11.6 Å². The Morgan fingerprint density at radius 3 is 2.63 bits per heavy atom.